The van der Waals surface area contributed by atoms with Crippen molar-refractivity contribution in [2.75, 3.05) is 33.0 Å². The number of fused-ring (bicyclic) bond motifs is 1. The van der Waals surface area contributed by atoms with Crippen molar-refractivity contribution in [3.8, 4) is 11.5 Å². The molecule has 0 aromatic heterocycles. The summed E-state index contributed by atoms with van der Waals surface area (Å²) in [5.41, 5.74) is 1.07. The van der Waals surface area contributed by atoms with Crippen LogP contribution in [-0.2, 0) is 11.3 Å². The second kappa shape index (κ2) is 8.96. The Morgan fingerprint density at radius 2 is 1.81 bits per heavy atom. The predicted octanol–water partition coefficient (Wildman–Crippen LogP) is 2.39. The molecule has 1 saturated heterocycles. The van der Waals surface area contributed by atoms with E-state index in [4.69, 9.17) is 9.47 Å². The molecule has 2 aliphatic heterocycles. The van der Waals surface area contributed by atoms with E-state index in [1.165, 1.54) is 51.6 Å². The van der Waals surface area contributed by atoms with Crippen LogP contribution in [0.25, 0.3) is 0 Å². The van der Waals surface area contributed by atoms with Gasteiger partial charge in [-0.1, -0.05) is 37.8 Å². The van der Waals surface area contributed by atoms with Gasteiger partial charge in [-0.2, -0.15) is 0 Å². The first-order valence-corrected chi connectivity index (χ1v) is 10.8. The Kier molecular flexibility index (Phi) is 6.17. The average Bonchev–Trinajstić information content (AvgIpc) is 3.31. The van der Waals surface area contributed by atoms with E-state index in [2.05, 4.69) is 11.0 Å². The fourth-order valence-electron chi connectivity index (χ4n) is 4.79. The lowest BCUT2D eigenvalue weighted by Crippen LogP contribution is -3.10. The number of rotatable bonds is 6. The molecule has 0 spiro atoms. The van der Waals surface area contributed by atoms with Crippen LogP contribution in [-0.4, -0.2) is 43.8 Å². The van der Waals surface area contributed by atoms with Gasteiger partial charge in [0.25, 0.3) is 0 Å². The molecule has 0 unspecified atom stereocenters. The molecule has 1 aliphatic carbocycles. The maximum Gasteiger partial charge on any atom is 0.231 e. The zero-order chi connectivity index (χ0) is 18.5. The average molecular weight is 374 g/mol. The van der Waals surface area contributed by atoms with Crippen LogP contribution in [0.4, 0.5) is 0 Å². The monoisotopic (exact) mass is 373 g/mol. The number of nitrogens with zero attached hydrogens (tertiary/aromatic N) is 1. The molecule has 0 bridgehead atoms. The van der Waals surface area contributed by atoms with Crippen LogP contribution in [0.15, 0.2) is 18.2 Å². The van der Waals surface area contributed by atoms with Crippen LogP contribution in [0, 0.1) is 5.92 Å². The summed E-state index contributed by atoms with van der Waals surface area (Å²) in [5.74, 6) is 2.19. The lowest BCUT2D eigenvalue weighted by atomic mass is 9.98. The first-order chi connectivity index (χ1) is 13.3. The van der Waals surface area contributed by atoms with E-state index < -0.39 is 0 Å². The van der Waals surface area contributed by atoms with E-state index >= 15 is 0 Å². The van der Waals surface area contributed by atoms with Crippen molar-refractivity contribution in [1.29, 1.82) is 0 Å². The largest absolute Gasteiger partial charge is 0.454 e. The molecule has 1 N–H and O–H groups in total. The van der Waals surface area contributed by atoms with E-state index in [-0.39, 0.29) is 12.7 Å². The first-order valence-electron chi connectivity index (χ1n) is 10.8. The summed E-state index contributed by atoms with van der Waals surface area (Å²) < 4.78 is 11.2. The van der Waals surface area contributed by atoms with Crippen LogP contribution in [0.2, 0.25) is 0 Å². The van der Waals surface area contributed by atoms with Gasteiger partial charge < -0.3 is 19.3 Å². The summed E-state index contributed by atoms with van der Waals surface area (Å²) in [6.07, 6.45) is 9.69. The third-order valence-corrected chi connectivity index (χ3v) is 6.40. The molecule has 1 amide bonds. The number of ether oxygens (including phenoxy) is 2. The summed E-state index contributed by atoms with van der Waals surface area (Å²) in [4.78, 5) is 17.2. The van der Waals surface area contributed by atoms with Gasteiger partial charge in [-0.15, -0.1) is 0 Å². The van der Waals surface area contributed by atoms with Gasteiger partial charge in [0.05, 0.1) is 26.2 Å². The highest BCUT2D eigenvalue weighted by atomic mass is 16.7. The third-order valence-electron chi connectivity index (χ3n) is 6.40. The maximum atomic E-state index is 13.4. The SMILES string of the molecule is O=C(C1CCCCCC1)N(CC[NH+]1CCCC1)Cc1cccc2c1OCO2. The van der Waals surface area contributed by atoms with Gasteiger partial charge >= 0.3 is 0 Å². The molecule has 1 aromatic carbocycles. The van der Waals surface area contributed by atoms with Crippen LogP contribution in [0.3, 0.4) is 0 Å². The summed E-state index contributed by atoms with van der Waals surface area (Å²) in [6.45, 7) is 5.32. The zero-order valence-electron chi connectivity index (χ0n) is 16.4. The molecule has 3 aliphatic rings. The smallest absolute Gasteiger partial charge is 0.231 e. The molecule has 2 heterocycles. The van der Waals surface area contributed by atoms with E-state index in [1.807, 2.05) is 12.1 Å². The number of carbonyl (C=O) groups excluding carboxylic acids is 1. The molecule has 2 fully saturated rings. The quantitative estimate of drug-likeness (QED) is 0.779. The summed E-state index contributed by atoms with van der Waals surface area (Å²) in [5, 5.41) is 0. The molecule has 5 nitrogen and oxygen atoms in total. The molecule has 0 atom stereocenters. The standard InChI is InChI=1S/C22H32N2O3/c25-22(18-8-3-1-2-4-9-18)24(15-14-23-12-5-6-13-23)16-19-10-7-11-20-21(19)27-17-26-20/h7,10-11,18H,1-6,8-9,12-17H2/p+1. The van der Waals surface area contributed by atoms with Crippen molar-refractivity contribution in [1.82, 2.24) is 4.90 Å². The van der Waals surface area contributed by atoms with Crippen LogP contribution in [0.5, 0.6) is 11.5 Å². The fourth-order valence-corrected chi connectivity index (χ4v) is 4.79. The zero-order valence-corrected chi connectivity index (χ0v) is 16.4. The lowest BCUT2D eigenvalue weighted by molar-refractivity contribution is -0.886. The van der Waals surface area contributed by atoms with E-state index in [9.17, 15) is 4.79 Å². The van der Waals surface area contributed by atoms with Gasteiger partial charge in [0.1, 0.15) is 0 Å². The molecular weight excluding hydrogens is 340 g/mol. The Hall–Kier alpha value is -1.75. The number of para-hydroxylation sites is 1. The topological polar surface area (TPSA) is 43.2 Å². The first kappa shape index (κ1) is 18.6. The minimum atomic E-state index is 0.204. The number of amides is 1. The number of hydrogen-bond acceptors (Lipinski definition) is 3. The Morgan fingerprint density at radius 3 is 2.59 bits per heavy atom. The van der Waals surface area contributed by atoms with Gasteiger partial charge in [0.15, 0.2) is 11.5 Å². The van der Waals surface area contributed by atoms with Gasteiger partial charge in [0, 0.05) is 30.9 Å². The van der Waals surface area contributed by atoms with Gasteiger partial charge in [0.2, 0.25) is 12.7 Å². The molecule has 1 aromatic rings. The molecule has 148 valence electrons. The Morgan fingerprint density at radius 1 is 1.04 bits per heavy atom. The number of nitrogens with one attached hydrogen (secondary N) is 1. The van der Waals surface area contributed by atoms with Gasteiger partial charge in [-0.25, -0.2) is 0 Å². The Bertz CT molecular complexity index is 634. The summed E-state index contributed by atoms with van der Waals surface area (Å²) >= 11 is 0. The van der Waals surface area contributed by atoms with Gasteiger partial charge in [-0.05, 0) is 18.9 Å². The molecule has 0 radical (unpaired) electrons. The van der Waals surface area contributed by atoms with Crippen LogP contribution < -0.4 is 14.4 Å². The Labute approximate surface area is 162 Å². The number of benzene rings is 1. The number of quaternary nitrogens is 1. The second-order valence-electron chi connectivity index (χ2n) is 8.31. The highest BCUT2D eigenvalue weighted by Gasteiger charge is 2.28. The maximum absolute atomic E-state index is 13.4. The third kappa shape index (κ3) is 4.57. The van der Waals surface area contributed by atoms with E-state index in [0.717, 1.165) is 43.0 Å². The highest BCUT2D eigenvalue weighted by molar-refractivity contribution is 5.79. The number of likely N-dealkylation sites (tertiary alicyclic amines) is 1. The lowest BCUT2D eigenvalue weighted by Gasteiger charge is -2.28. The molecular formula is C22H33N2O3+. The van der Waals surface area contributed by atoms with Crippen molar-refractivity contribution < 1.29 is 19.2 Å². The van der Waals surface area contributed by atoms with E-state index in [1.54, 1.807) is 4.90 Å². The summed E-state index contributed by atoms with van der Waals surface area (Å²) in [7, 11) is 0. The minimum absolute atomic E-state index is 0.204. The highest BCUT2D eigenvalue weighted by Crippen LogP contribution is 2.36. The van der Waals surface area contributed by atoms with Crippen molar-refractivity contribution in [2.45, 2.75) is 57.9 Å². The second-order valence-corrected chi connectivity index (χ2v) is 8.31. The Balaban J connectivity index is 1.48. The minimum Gasteiger partial charge on any atom is -0.454 e. The molecule has 4 rings (SSSR count). The normalized spacial score (nSPS) is 20.6. The van der Waals surface area contributed by atoms with E-state index in [0.29, 0.717) is 12.5 Å². The predicted molar refractivity (Wildman–Crippen MR) is 104 cm³/mol. The molecule has 1 saturated carbocycles. The fraction of sp³-hybridized carbons (Fsp3) is 0.682. The number of hydrogen-bond donors (Lipinski definition) is 1. The number of carbonyl (C=O) groups is 1. The van der Waals surface area contributed by atoms with Crippen molar-refractivity contribution in [2.24, 2.45) is 5.92 Å². The summed E-state index contributed by atoms with van der Waals surface area (Å²) in [6, 6.07) is 6.02. The van der Waals surface area contributed by atoms with Crippen molar-refractivity contribution in [3.05, 3.63) is 23.8 Å². The van der Waals surface area contributed by atoms with Gasteiger partial charge in [-0.3, -0.25) is 4.79 Å². The van der Waals surface area contributed by atoms with Crippen molar-refractivity contribution in [3.63, 3.8) is 0 Å². The molecule has 5 heteroatoms. The van der Waals surface area contributed by atoms with Crippen molar-refractivity contribution >= 4 is 5.91 Å². The van der Waals surface area contributed by atoms with Crippen LogP contribution >= 0.6 is 0 Å². The van der Waals surface area contributed by atoms with Crippen LogP contribution in [0.1, 0.15) is 56.9 Å². The molecule has 27 heavy (non-hydrogen) atoms.